The third-order valence-electron chi connectivity index (χ3n) is 5.62. The first-order valence-electron chi connectivity index (χ1n) is 10.5. The van der Waals surface area contributed by atoms with Crippen molar-refractivity contribution in [3.63, 3.8) is 0 Å². The van der Waals surface area contributed by atoms with Crippen molar-refractivity contribution in [2.75, 3.05) is 19.6 Å². The van der Waals surface area contributed by atoms with E-state index in [9.17, 15) is 4.79 Å². The molecular weight excluding hydrogens is 344 g/mol. The van der Waals surface area contributed by atoms with Gasteiger partial charge in [-0.15, -0.1) is 6.58 Å². The zero-order valence-electron chi connectivity index (χ0n) is 16.8. The Labute approximate surface area is 169 Å². The van der Waals surface area contributed by atoms with E-state index in [0.717, 1.165) is 44.5 Å². The SMILES string of the molecule is C=CCCCCN1CCC(C(=O)NCc2ccc(-c3ccccc3)cc2)CC1. The lowest BCUT2D eigenvalue weighted by atomic mass is 9.95. The molecule has 1 heterocycles. The third kappa shape index (κ3) is 6.07. The predicted octanol–water partition coefficient (Wildman–Crippen LogP) is 5.04. The molecule has 3 nitrogen and oxygen atoms in total. The molecule has 2 aromatic rings. The van der Waals surface area contributed by atoms with E-state index < -0.39 is 0 Å². The van der Waals surface area contributed by atoms with Gasteiger partial charge in [-0.25, -0.2) is 0 Å². The van der Waals surface area contributed by atoms with E-state index in [1.54, 1.807) is 0 Å². The lowest BCUT2D eigenvalue weighted by molar-refractivity contribution is -0.126. The van der Waals surface area contributed by atoms with Gasteiger partial charge in [-0.1, -0.05) is 60.7 Å². The summed E-state index contributed by atoms with van der Waals surface area (Å²) in [5.41, 5.74) is 3.57. The van der Waals surface area contributed by atoms with Crippen LogP contribution in [0.5, 0.6) is 0 Å². The molecule has 0 spiro atoms. The molecule has 0 aliphatic carbocycles. The second-order valence-corrected chi connectivity index (χ2v) is 7.68. The van der Waals surface area contributed by atoms with Gasteiger partial charge in [0.05, 0.1) is 0 Å². The van der Waals surface area contributed by atoms with Gasteiger partial charge in [-0.2, -0.15) is 0 Å². The molecule has 1 fully saturated rings. The monoisotopic (exact) mass is 376 g/mol. The molecule has 1 N–H and O–H groups in total. The Balaban J connectivity index is 1.39. The molecule has 1 aliphatic rings. The number of nitrogens with zero attached hydrogens (tertiary/aromatic N) is 1. The lowest BCUT2D eigenvalue weighted by Gasteiger charge is -2.31. The van der Waals surface area contributed by atoms with Crippen LogP contribution < -0.4 is 5.32 Å². The van der Waals surface area contributed by atoms with Gasteiger partial charge in [0, 0.05) is 12.5 Å². The maximum atomic E-state index is 12.5. The molecule has 1 saturated heterocycles. The number of carbonyl (C=O) groups excluding carboxylic acids is 1. The molecule has 1 aliphatic heterocycles. The molecule has 2 aromatic carbocycles. The summed E-state index contributed by atoms with van der Waals surface area (Å²) in [6, 6.07) is 18.8. The van der Waals surface area contributed by atoms with Gasteiger partial charge >= 0.3 is 0 Å². The molecule has 0 saturated carbocycles. The molecule has 1 amide bonds. The van der Waals surface area contributed by atoms with E-state index in [4.69, 9.17) is 0 Å². The first-order chi connectivity index (χ1) is 13.8. The molecule has 0 bridgehead atoms. The van der Waals surface area contributed by atoms with Crippen molar-refractivity contribution in [1.82, 2.24) is 10.2 Å². The Hall–Kier alpha value is -2.39. The summed E-state index contributed by atoms with van der Waals surface area (Å²) in [5.74, 6) is 0.367. The fraction of sp³-hybridized carbons (Fsp3) is 0.400. The maximum Gasteiger partial charge on any atom is 0.223 e. The van der Waals surface area contributed by atoms with Crippen molar-refractivity contribution in [3.05, 3.63) is 72.8 Å². The number of unbranched alkanes of at least 4 members (excludes halogenated alkanes) is 2. The van der Waals surface area contributed by atoms with Crippen LogP contribution in [0.4, 0.5) is 0 Å². The summed E-state index contributed by atoms with van der Waals surface area (Å²) in [7, 11) is 0. The van der Waals surface area contributed by atoms with Crippen molar-refractivity contribution in [2.24, 2.45) is 5.92 Å². The fourth-order valence-corrected chi connectivity index (χ4v) is 3.82. The summed E-state index contributed by atoms with van der Waals surface area (Å²) in [6.07, 6.45) is 7.48. The zero-order valence-corrected chi connectivity index (χ0v) is 16.8. The van der Waals surface area contributed by atoms with Gasteiger partial charge in [-0.3, -0.25) is 4.79 Å². The van der Waals surface area contributed by atoms with Crippen molar-refractivity contribution >= 4 is 5.91 Å². The number of carbonyl (C=O) groups is 1. The van der Waals surface area contributed by atoms with E-state index in [0.29, 0.717) is 6.54 Å². The molecule has 0 unspecified atom stereocenters. The highest BCUT2D eigenvalue weighted by Gasteiger charge is 2.24. The van der Waals surface area contributed by atoms with E-state index in [1.807, 2.05) is 12.1 Å². The molecule has 0 aromatic heterocycles. The van der Waals surface area contributed by atoms with Crippen molar-refractivity contribution in [2.45, 2.75) is 38.6 Å². The maximum absolute atomic E-state index is 12.5. The van der Waals surface area contributed by atoms with Crippen molar-refractivity contribution in [3.8, 4) is 11.1 Å². The van der Waals surface area contributed by atoms with Crippen molar-refractivity contribution in [1.29, 1.82) is 0 Å². The minimum Gasteiger partial charge on any atom is -0.352 e. The smallest absolute Gasteiger partial charge is 0.223 e. The van der Waals surface area contributed by atoms with Crippen molar-refractivity contribution < 1.29 is 4.79 Å². The zero-order chi connectivity index (χ0) is 19.6. The molecule has 3 heteroatoms. The van der Waals surface area contributed by atoms with E-state index >= 15 is 0 Å². The largest absolute Gasteiger partial charge is 0.352 e. The van der Waals surface area contributed by atoms with Gasteiger partial charge in [0.15, 0.2) is 0 Å². The van der Waals surface area contributed by atoms with E-state index in [-0.39, 0.29) is 11.8 Å². The molecular formula is C25H32N2O. The van der Waals surface area contributed by atoms with Crippen LogP contribution in [-0.4, -0.2) is 30.4 Å². The number of allylic oxidation sites excluding steroid dienone is 1. The normalized spacial score (nSPS) is 15.3. The number of nitrogens with one attached hydrogen (secondary N) is 1. The number of piperidine rings is 1. The number of likely N-dealkylation sites (tertiary alicyclic amines) is 1. The summed E-state index contributed by atoms with van der Waals surface area (Å²) in [4.78, 5) is 15.0. The Kier molecular flexibility index (Phi) is 7.86. The number of hydrogen-bond donors (Lipinski definition) is 1. The number of amides is 1. The molecule has 3 rings (SSSR count). The minimum atomic E-state index is 0.160. The van der Waals surface area contributed by atoms with Crippen LogP contribution >= 0.6 is 0 Å². The van der Waals surface area contributed by atoms with Crippen LogP contribution in [0.1, 0.15) is 37.7 Å². The number of benzene rings is 2. The van der Waals surface area contributed by atoms with E-state index in [1.165, 1.54) is 24.0 Å². The molecule has 0 radical (unpaired) electrons. The summed E-state index contributed by atoms with van der Waals surface area (Å²) in [5, 5.41) is 3.13. The van der Waals surface area contributed by atoms with Crippen LogP contribution in [0.3, 0.4) is 0 Å². The molecule has 0 atom stereocenters. The van der Waals surface area contributed by atoms with Crippen LogP contribution in [-0.2, 0) is 11.3 Å². The summed E-state index contributed by atoms with van der Waals surface area (Å²) in [6.45, 7) is 7.61. The first-order valence-corrected chi connectivity index (χ1v) is 10.5. The standard InChI is InChI=1S/C25H32N2O/c1-2-3-4-8-17-27-18-15-24(16-19-27)25(28)26-20-21-11-13-23(14-12-21)22-9-6-5-7-10-22/h2,5-7,9-14,24H,1,3-4,8,15-20H2,(H,26,28). The minimum absolute atomic E-state index is 0.160. The van der Waals surface area contributed by atoms with Gasteiger partial charge in [0.2, 0.25) is 5.91 Å². The predicted molar refractivity (Wildman–Crippen MR) is 117 cm³/mol. The summed E-state index contributed by atoms with van der Waals surface area (Å²) >= 11 is 0. The molecule has 148 valence electrons. The van der Waals surface area contributed by atoms with Crippen LogP contribution in [0.15, 0.2) is 67.3 Å². The average Bonchev–Trinajstić information content (AvgIpc) is 2.76. The quantitative estimate of drug-likeness (QED) is 0.491. The third-order valence-corrected chi connectivity index (χ3v) is 5.62. The number of rotatable bonds is 9. The second kappa shape index (κ2) is 10.8. The fourth-order valence-electron chi connectivity index (χ4n) is 3.82. The Morgan fingerprint density at radius 2 is 1.68 bits per heavy atom. The highest BCUT2D eigenvalue weighted by molar-refractivity contribution is 5.78. The van der Waals surface area contributed by atoms with Gasteiger partial charge < -0.3 is 10.2 Å². The van der Waals surface area contributed by atoms with Gasteiger partial charge in [-0.05, 0) is 68.4 Å². The Morgan fingerprint density at radius 3 is 2.36 bits per heavy atom. The highest BCUT2D eigenvalue weighted by atomic mass is 16.1. The average molecular weight is 377 g/mol. The summed E-state index contributed by atoms with van der Waals surface area (Å²) < 4.78 is 0. The van der Waals surface area contributed by atoms with Crippen LogP contribution in [0, 0.1) is 5.92 Å². The van der Waals surface area contributed by atoms with E-state index in [2.05, 4.69) is 65.3 Å². The van der Waals surface area contributed by atoms with Gasteiger partial charge in [0.1, 0.15) is 0 Å². The Morgan fingerprint density at radius 1 is 1.00 bits per heavy atom. The lowest BCUT2D eigenvalue weighted by Crippen LogP contribution is -2.40. The topological polar surface area (TPSA) is 32.3 Å². The van der Waals surface area contributed by atoms with Crippen LogP contribution in [0.2, 0.25) is 0 Å². The highest BCUT2D eigenvalue weighted by Crippen LogP contribution is 2.20. The first kappa shape index (κ1) is 20.3. The van der Waals surface area contributed by atoms with Crippen LogP contribution in [0.25, 0.3) is 11.1 Å². The Bertz CT molecular complexity index is 731. The number of hydrogen-bond acceptors (Lipinski definition) is 2. The molecule has 28 heavy (non-hydrogen) atoms. The van der Waals surface area contributed by atoms with Gasteiger partial charge in [0.25, 0.3) is 0 Å². The second-order valence-electron chi connectivity index (χ2n) is 7.68.